The Morgan fingerprint density at radius 2 is 2.14 bits per heavy atom. The third kappa shape index (κ3) is 4.55. The number of carbonyl (C=O) groups is 1. The molecule has 1 aromatic carbocycles. The highest BCUT2D eigenvalue weighted by Crippen LogP contribution is 2.23. The maximum absolute atomic E-state index is 12.3. The van der Waals surface area contributed by atoms with Crippen molar-refractivity contribution in [1.82, 2.24) is 10.6 Å². The molecule has 1 heterocycles. The minimum Gasteiger partial charge on any atom is -0.391 e. The lowest BCUT2D eigenvalue weighted by Crippen LogP contribution is -2.44. The summed E-state index contributed by atoms with van der Waals surface area (Å²) in [5, 5.41) is 16.1. The topological polar surface area (TPSA) is 61.4 Å². The van der Waals surface area contributed by atoms with Gasteiger partial charge in [0.15, 0.2) is 0 Å². The molecule has 1 aromatic rings. The SMILES string of the molecule is CC(C)(C)CC(O)CNC(=O)C1NCCc2ccccc21. The van der Waals surface area contributed by atoms with Crippen molar-refractivity contribution in [3.05, 3.63) is 35.4 Å². The van der Waals surface area contributed by atoms with E-state index in [4.69, 9.17) is 0 Å². The van der Waals surface area contributed by atoms with Crippen LogP contribution in [-0.2, 0) is 11.2 Å². The van der Waals surface area contributed by atoms with E-state index in [1.807, 2.05) is 18.2 Å². The second kappa shape index (κ2) is 6.58. The van der Waals surface area contributed by atoms with Crippen LogP contribution in [-0.4, -0.2) is 30.2 Å². The first-order chi connectivity index (χ1) is 9.87. The van der Waals surface area contributed by atoms with Gasteiger partial charge in [-0.2, -0.15) is 0 Å². The number of nitrogens with one attached hydrogen (secondary N) is 2. The van der Waals surface area contributed by atoms with E-state index < -0.39 is 6.10 Å². The fourth-order valence-electron chi connectivity index (χ4n) is 2.84. The Morgan fingerprint density at radius 3 is 2.86 bits per heavy atom. The fourth-order valence-corrected chi connectivity index (χ4v) is 2.84. The van der Waals surface area contributed by atoms with Crippen LogP contribution in [0, 0.1) is 5.41 Å². The Bertz CT molecular complexity index is 494. The van der Waals surface area contributed by atoms with E-state index in [9.17, 15) is 9.90 Å². The van der Waals surface area contributed by atoms with Crippen molar-refractivity contribution in [2.75, 3.05) is 13.1 Å². The van der Waals surface area contributed by atoms with E-state index in [0.717, 1.165) is 18.5 Å². The van der Waals surface area contributed by atoms with Gasteiger partial charge in [0.05, 0.1) is 6.10 Å². The average molecular weight is 290 g/mol. The predicted octanol–water partition coefficient (Wildman–Crippen LogP) is 1.79. The van der Waals surface area contributed by atoms with Crippen molar-refractivity contribution in [3.8, 4) is 0 Å². The van der Waals surface area contributed by atoms with Gasteiger partial charge in [-0.25, -0.2) is 0 Å². The molecule has 0 aromatic heterocycles. The van der Waals surface area contributed by atoms with Gasteiger partial charge in [-0.05, 0) is 29.4 Å². The van der Waals surface area contributed by atoms with Gasteiger partial charge in [-0.3, -0.25) is 4.79 Å². The first-order valence-corrected chi connectivity index (χ1v) is 7.64. The van der Waals surface area contributed by atoms with Crippen molar-refractivity contribution in [3.63, 3.8) is 0 Å². The van der Waals surface area contributed by atoms with Crippen LogP contribution in [0.3, 0.4) is 0 Å². The van der Waals surface area contributed by atoms with Crippen LogP contribution >= 0.6 is 0 Å². The first kappa shape index (κ1) is 16.0. The normalized spacial score (nSPS) is 19.7. The summed E-state index contributed by atoms with van der Waals surface area (Å²) >= 11 is 0. The quantitative estimate of drug-likeness (QED) is 0.792. The number of fused-ring (bicyclic) bond motifs is 1. The van der Waals surface area contributed by atoms with Gasteiger partial charge in [-0.15, -0.1) is 0 Å². The molecule has 0 aliphatic carbocycles. The second-order valence-electron chi connectivity index (χ2n) is 7.00. The number of aliphatic hydroxyl groups excluding tert-OH is 1. The largest absolute Gasteiger partial charge is 0.391 e. The monoisotopic (exact) mass is 290 g/mol. The number of benzene rings is 1. The number of rotatable bonds is 4. The van der Waals surface area contributed by atoms with Crippen molar-refractivity contribution in [1.29, 1.82) is 0 Å². The maximum atomic E-state index is 12.3. The van der Waals surface area contributed by atoms with Gasteiger partial charge in [0.1, 0.15) is 6.04 Å². The van der Waals surface area contributed by atoms with Crippen molar-refractivity contribution in [2.45, 2.75) is 45.8 Å². The molecule has 4 nitrogen and oxygen atoms in total. The molecule has 1 amide bonds. The van der Waals surface area contributed by atoms with E-state index in [2.05, 4.69) is 37.5 Å². The summed E-state index contributed by atoms with van der Waals surface area (Å²) in [5.41, 5.74) is 2.33. The molecule has 0 saturated carbocycles. The van der Waals surface area contributed by atoms with Crippen LogP contribution in [0.25, 0.3) is 0 Å². The Morgan fingerprint density at radius 1 is 1.43 bits per heavy atom. The molecule has 0 bridgehead atoms. The van der Waals surface area contributed by atoms with Gasteiger partial charge in [0.2, 0.25) is 5.91 Å². The average Bonchev–Trinajstić information content (AvgIpc) is 2.42. The first-order valence-electron chi connectivity index (χ1n) is 7.64. The molecular formula is C17H26N2O2. The van der Waals surface area contributed by atoms with Gasteiger partial charge in [0, 0.05) is 13.1 Å². The fraction of sp³-hybridized carbons (Fsp3) is 0.588. The summed E-state index contributed by atoms with van der Waals surface area (Å²) < 4.78 is 0. The molecule has 4 heteroatoms. The van der Waals surface area contributed by atoms with Crippen LogP contribution in [0.1, 0.15) is 44.4 Å². The summed E-state index contributed by atoms with van der Waals surface area (Å²) in [6.07, 6.45) is 1.11. The summed E-state index contributed by atoms with van der Waals surface area (Å²) in [4.78, 5) is 12.3. The van der Waals surface area contributed by atoms with E-state index in [-0.39, 0.29) is 17.4 Å². The molecule has 116 valence electrons. The van der Waals surface area contributed by atoms with Crippen molar-refractivity contribution < 1.29 is 9.90 Å². The predicted molar refractivity (Wildman–Crippen MR) is 84.0 cm³/mol. The number of aliphatic hydroxyl groups is 1. The summed E-state index contributed by atoms with van der Waals surface area (Å²) in [6, 6.07) is 7.73. The van der Waals surface area contributed by atoms with E-state index in [1.54, 1.807) is 0 Å². The molecule has 3 N–H and O–H groups in total. The summed E-state index contributed by atoms with van der Waals surface area (Å²) in [5.74, 6) is -0.0601. The summed E-state index contributed by atoms with van der Waals surface area (Å²) in [6.45, 7) is 7.35. The second-order valence-corrected chi connectivity index (χ2v) is 7.00. The highest BCUT2D eigenvalue weighted by molar-refractivity contribution is 5.83. The van der Waals surface area contributed by atoms with Crippen LogP contribution in [0.15, 0.2) is 24.3 Å². The molecule has 2 unspecified atom stereocenters. The number of amides is 1. The molecule has 2 rings (SSSR count). The van der Waals surface area contributed by atoms with E-state index in [1.165, 1.54) is 5.56 Å². The molecule has 1 aliphatic heterocycles. The Labute approximate surface area is 126 Å². The van der Waals surface area contributed by atoms with Gasteiger partial charge < -0.3 is 15.7 Å². The third-order valence-corrected chi connectivity index (χ3v) is 3.73. The van der Waals surface area contributed by atoms with Gasteiger partial charge >= 0.3 is 0 Å². The zero-order chi connectivity index (χ0) is 15.5. The zero-order valence-electron chi connectivity index (χ0n) is 13.1. The van der Waals surface area contributed by atoms with Crippen LogP contribution in [0.2, 0.25) is 0 Å². The number of carbonyl (C=O) groups excluding carboxylic acids is 1. The number of hydrogen-bond acceptors (Lipinski definition) is 3. The lowest BCUT2D eigenvalue weighted by atomic mass is 9.89. The Balaban J connectivity index is 1.93. The molecule has 2 atom stereocenters. The third-order valence-electron chi connectivity index (χ3n) is 3.73. The minimum absolute atomic E-state index is 0.0554. The van der Waals surface area contributed by atoms with Crippen molar-refractivity contribution >= 4 is 5.91 Å². The zero-order valence-corrected chi connectivity index (χ0v) is 13.1. The lowest BCUT2D eigenvalue weighted by Gasteiger charge is -2.27. The molecule has 1 aliphatic rings. The highest BCUT2D eigenvalue weighted by Gasteiger charge is 2.26. The van der Waals surface area contributed by atoms with Gasteiger partial charge in [0.25, 0.3) is 0 Å². The van der Waals surface area contributed by atoms with E-state index >= 15 is 0 Å². The molecular weight excluding hydrogens is 264 g/mol. The smallest absolute Gasteiger partial charge is 0.241 e. The Hall–Kier alpha value is -1.39. The van der Waals surface area contributed by atoms with Crippen LogP contribution in [0.5, 0.6) is 0 Å². The van der Waals surface area contributed by atoms with Crippen LogP contribution < -0.4 is 10.6 Å². The lowest BCUT2D eigenvalue weighted by molar-refractivity contribution is -0.124. The Kier molecular flexibility index (Phi) is 5.01. The van der Waals surface area contributed by atoms with Gasteiger partial charge in [-0.1, -0.05) is 45.0 Å². The molecule has 0 saturated heterocycles. The molecule has 0 radical (unpaired) electrons. The maximum Gasteiger partial charge on any atom is 0.241 e. The summed E-state index contributed by atoms with van der Waals surface area (Å²) in [7, 11) is 0. The van der Waals surface area contributed by atoms with Crippen LogP contribution in [0.4, 0.5) is 0 Å². The number of hydrogen-bond donors (Lipinski definition) is 3. The molecule has 0 spiro atoms. The molecule has 21 heavy (non-hydrogen) atoms. The minimum atomic E-state index is -0.507. The standard InChI is InChI=1S/C17H26N2O2/c1-17(2,3)10-13(20)11-19-16(21)15-14-7-5-4-6-12(14)8-9-18-15/h4-7,13,15,18,20H,8-11H2,1-3H3,(H,19,21). The highest BCUT2D eigenvalue weighted by atomic mass is 16.3. The van der Waals surface area contributed by atoms with E-state index in [0.29, 0.717) is 13.0 Å². The van der Waals surface area contributed by atoms with Crippen molar-refractivity contribution in [2.24, 2.45) is 5.41 Å². The molecule has 0 fully saturated rings.